The minimum atomic E-state index is -3.61. The summed E-state index contributed by atoms with van der Waals surface area (Å²) in [7, 11) is -2.08. The van der Waals surface area contributed by atoms with Gasteiger partial charge in [-0.05, 0) is 24.8 Å². The lowest BCUT2D eigenvalue weighted by Crippen LogP contribution is -2.37. The first-order chi connectivity index (χ1) is 9.36. The number of hydrogen-bond donors (Lipinski definition) is 1. The largest absolute Gasteiger partial charge is 0.477 e. The Labute approximate surface area is 119 Å². The predicted molar refractivity (Wildman–Crippen MR) is 74.1 cm³/mol. The normalized spacial score (nSPS) is 16.4. The first-order valence-electron chi connectivity index (χ1n) is 6.76. The molecule has 0 atom stereocenters. The van der Waals surface area contributed by atoms with Crippen LogP contribution in [0.5, 0.6) is 0 Å². The highest BCUT2D eigenvalue weighted by molar-refractivity contribution is 7.89. The van der Waals surface area contributed by atoms with Crippen molar-refractivity contribution in [2.24, 2.45) is 13.0 Å². The van der Waals surface area contributed by atoms with Crippen molar-refractivity contribution in [2.75, 3.05) is 13.1 Å². The van der Waals surface area contributed by atoms with Gasteiger partial charge in [-0.15, -0.1) is 0 Å². The average molecular weight is 300 g/mol. The Morgan fingerprint density at radius 1 is 1.50 bits per heavy atom. The maximum absolute atomic E-state index is 12.5. The number of carboxylic acids is 1. The molecule has 1 fully saturated rings. The van der Waals surface area contributed by atoms with Crippen LogP contribution in [-0.4, -0.2) is 41.5 Å². The van der Waals surface area contributed by atoms with Crippen molar-refractivity contribution >= 4 is 16.0 Å². The van der Waals surface area contributed by atoms with Gasteiger partial charge in [0.25, 0.3) is 0 Å². The molecule has 0 bridgehead atoms. The van der Waals surface area contributed by atoms with Crippen LogP contribution in [0.25, 0.3) is 0 Å². The molecule has 0 aliphatic heterocycles. The minimum absolute atomic E-state index is 0.0247. The Morgan fingerprint density at radius 3 is 2.55 bits per heavy atom. The second-order valence-electron chi connectivity index (χ2n) is 5.23. The van der Waals surface area contributed by atoms with Gasteiger partial charge in [0.1, 0.15) is 10.6 Å². The van der Waals surface area contributed by atoms with Crippen LogP contribution < -0.4 is 0 Å². The summed E-state index contributed by atoms with van der Waals surface area (Å²) in [5, 5.41) is 9.00. The first kappa shape index (κ1) is 15.1. The van der Waals surface area contributed by atoms with Crippen LogP contribution in [0.15, 0.2) is 17.2 Å². The van der Waals surface area contributed by atoms with Gasteiger partial charge in [-0.1, -0.05) is 13.3 Å². The Hall–Kier alpha value is -1.34. The third kappa shape index (κ3) is 2.73. The van der Waals surface area contributed by atoms with Gasteiger partial charge in [-0.2, -0.15) is 4.31 Å². The number of carboxylic acid groups (broad SMARTS) is 1. The van der Waals surface area contributed by atoms with Crippen molar-refractivity contribution in [3.8, 4) is 0 Å². The molecule has 6 nitrogen and oxygen atoms in total. The fourth-order valence-corrected chi connectivity index (χ4v) is 3.99. The zero-order chi connectivity index (χ0) is 14.9. The van der Waals surface area contributed by atoms with E-state index in [1.54, 1.807) is 6.92 Å². The quantitative estimate of drug-likeness (QED) is 0.864. The Kier molecular flexibility index (Phi) is 4.19. The smallest absolute Gasteiger partial charge is 0.352 e. The van der Waals surface area contributed by atoms with Crippen LogP contribution in [0.2, 0.25) is 0 Å². The highest BCUT2D eigenvalue weighted by Crippen LogP contribution is 2.29. The molecule has 0 saturated heterocycles. The third-order valence-electron chi connectivity index (χ3n) is 3.88. The molecule has 0 spiro atoms. The number of aromatic carboxylic acids is 1. The average Bonchev–Trinajstić information content (AvgIpc) is 2.70. The maximum Gasteiger partial charge on any atom is 0.352 e. The molecular weight excluding hydrogens is 280 g/mol. The van der Waals surface area contributed by atoms with E-state index >= 15 is 0 Å². The number of aryl methyl sites for hydroxylation is 1. The Morgan fingerprint density at radius 2 is 2.15 bits per heavy atom. The third-order valence-corrected chi connectivity index (χ3v) is 5.78. The van der Waals surface area contributed by atoms with E-state index in [-0.39, 0.29) is 10.6 Å². The second kappa shape index (κ2) is 5.57. The molecule has 112 valence electrons. The molecule has 1 aliphatic carbocycles. The van der Waals surface area contributed by atoms with Crippen LogP contribution in [0, 0.1) is 5.92 Å². The molecule has 1 saturated carbocycles. The summed E-state index contributed by atoms with van der Waals surface area (Å²) in [6, 6.07) is 1.22. The highest BCUT2D eigenvalue weighted by Gasteiger charge is 2.30. The fourth-order valence-electron chi connectivity index (χ4n) is 2.40. The van der Waals surface area contributed by atoms with Gasteiger partial charge in [-0.25, -0.2) is 13.2 Å². The summed E-state index contributed by atoms with van der Waals surface area (Å²) in [4.78, 5) is 11.1. The summed E-state index contributed by atoms with van der Waals surface area (Å²) in [6.45, 7) is 2.73. The minimum Gasteiger partial charge on any atom is -0.477 e. The van der Waals surface area contributed by atoms with Gasteiger partial charge in [-0.3, -0.25) is 0 Å². The van der Waals surface area contributed by atoms with Gasteiger partial charge >= 0.3 is 5.97 Å². The van der Waals surface area contributed by atoms with Gasteiger partial charge in [0.15, 0.2) is 0 Å². The van der Waals surface area contributed by atoms with Crippen molar-refractivity contribution in [1.29, 1.82) is 0 Å². The van der Waals surface area contributed by atoms with Crippen molar-refractivity contribution in [2.45, 2.75) is 31.1 Å². The maximum atomic E-state index is 12.5. The predicted octanol–water partition coefficient (Wildman–Crippen LogP) is 1.53. The molecule has 1 heterocycles. The monoisotopic (exact) mass is 300 g/mol. The molecule has 7 heteroatoms. The lowest BCUT2D eigenvalue weighted by Gasteiger charge is -2.30. The zero-order valence-corrected chi connectivity index (χ0v) is 12.6. The number of hydrogen-bond acceptors (Lipinski definition) is 3. The van der Waals surface area contributed by atoms with E-state index in [1.807, 2.05) is 0 Å². The van der Waals surface area contributed by atoms with Crippen LogP contribution in [0.3, 0.4) is 0 Å². The first-order valence-corrected chi connectivity index (χ1v) is 8.20. The molecule has 1 N–H and O–H groups in total. The molecule has 2 rings (SSSR count). The van der Waals surface area contributed by atoms with E-state index in [0.717, 1.165) is 19.3 Å². The summed E-state index contributed by atoms with van der Waals surface area (Å²) in [6.07, 6.45) is 4.67. The van der Waals surface area contributed by atoms with E-state index in [9.17, 15) is 13.2 Å². The number of nitrogens with zero attached hydrogens (tertiary/aromatic N) is 2. The Balaban J connectivity index is 2.27. The van der Waals surface area contributed by atoms with Gasteiger partial charge in [0.05, 0.1) is 0 Å². The highest BCUT2D eigenvalue weighted by atomic mass is 32.2. The molecule has 0 amide bonds. The lowest BCUT2D eigenvalue weighted by molar-refractivity contribution is 0.0686. The molecule has 0 aromatic carbocycles. The molecular formula is C13H20N2O4S. The topological polar surface area (TPSA) is 79.6 Å². The SMILES string of the molecule is CCN(CC1CCC1)S(=O)(=O)c1cc(C(=O)O)n(C)c1. The van der Waals surface area contributed by atoms with Crippen LogP contribution in [0.4, 0.5) is 0 Å². The molecule has 0 radical (unpaired) electrons. The van der Waals surface area contributed by atoms with E-state index in [2.05, 4.69) is 0 Å². The van der Waals surface area contributed by atoms with E-state index in [4.69, 9.17) is 5.11 Å². The fraction of sp³-hybridized carbons (Fsp3) is 0.615. The molecule has 1 aromatic heterocycles. The molecule has 0 unspecified atom stereocenters. The van der Waals surface area contributed by atoms with Crippen molar-refractivity contribution < 1.29 is 18.3 Å². The van der Waals surface area contributed by atoms with Gasteiger partial charge < -0.3 is 9.67 Å². The number of sulfonamides is 1. The van der Waals surface area contributed by atoms with Crippen molar-refractivity contribution in [1.82, 2.24) is 8.87 Å². The zero-order valence-electron chi connectivity index (χ0n) is 11.7. The second-order valence-corrected chi connectivity index (χ2v) is 7.17. The molecule has 1 aromatic rings. The number of rotatable bonds is 6. The Bertz CT molecular complexity index is 602. The van der Waals surface area contributed by atoms with Gasteiger partial charge in [0.2, 0.25) is 10.0 Å². The molecule has 20 heavy (non-hydrogen) atoms. The number of carbonyl (C=O) groups is 1. The van der Waals surface area contributed by atoms with E-state index in [0.29, 0.717) is 19.0 Å². The summed E-state index contributed by atoms with van der Waals surface area (Å²) < 4.78 is 27.9. The van der Waals surface area contributed by atoms with Crippen LogP contribution >= 0.6 is 0 Å². The van der Waals surface area contributed by atoms with Crippen LogP contribution in [0.1, 0.15) is 36.7 Å². The van der Waals surface area contributed by atoms with Crippen molar-refractivity contribution in [3.05, 3.63) is 18.0 Å². The summed E-state index contributed by atoms with van der Waals surface area (Å²) in [5.41, 5.74) is -0.0247. The standard InChI is InChI=1S/C13H20N2O4S/c1-3-15(8-10-5-4-6-10)20(18,19)11-7-12(13(16)17)14(2)9-11/h7,9-10H,3-6,8H2,1-2H3,(H,16,17). The van der Waals surface area contributed by atoms with E-state index in [1.165, 1.54) is 28.2 Å². The summed E-state index contributed by atoms with van der Waals surface area (Å²) >= 11 is 0. The number of aromatic nitrogens is 1. The lowest BCUT2D eigenvalue weighted by atomic mass is 9.85. The van der Waals surface area contributed by atoms with E-state index < -0.39 is 16.0 Å². The molecule has 1 aliphatic rings. The summed E-state index contributed by atoms with van der Waals surface area (Å²) in [5.74, 6) is -0.691. The van der Waals surface area contributed by atoms with Crippen LogP contribution in [-0.2, 0) is 17.1 Å². The van der Waals surface area contributed by atoms with Crippen molar-refractivity contribution in [3.63, 3.8) is 0 Å². The van der Waals surface area contributed by atoms with Gasteiger partial charge in [0, 0.05) is 26.3 Å².